The standard InChI is InChI=1S/C20H27N7/c1-25(2)17-6-8-27(9-7-17)18-4-5-19(22-14-18)21-11-15-10-16-13-24-26(3)20(16)23-12-15/h4-5,10,12-14,17H,6-9,11H2,1-3H3,(H,21,22). The molecule has 7 heteroatoms. The van der Waals surface area contributed by atoms with Crippen LogP contribution >= 0.6 is 0 Å². The minimum absolute atomic E-state index is 0.693. The average molecular weight is 365 g/mol. The number of aryl methyl sites for hydroxylation is 1. The molecule has 142 valence electrons. The Morgan fingerprint density at radius 3 is 2.63 bits per heavy atom. The molecule has 0 atom stereocenters. The van der Waals surface area contributed by atoms with Gasteiger partial charge in [-0.1, -0.05) is 0 Å². The van der Waals surface area contributed by atoms with Crippen molar-refractivity contribution in [2.45, 2.75) is 25.4 Å². The smallest absolute Gasteiger partial charge is 0.157 e. The molecular weight excluding hydrogens is 338 g/mol. The lowest BCUT2D eigenvalue weighted by Gasteiger charge is -2.36. The van der Waals surface area contributed by atoms with Gasteiger partial charge in [-0.15, -0.1) is 0 Å². The maximum Gasteiger partial charge on any atom is 0.157 e. The molecule has 0 bridgehead atoms. The van der Waals surface area contributed by atoms with Gasteiger partial charge in [0.15, 0.2) is 5.65 Å². The zero-order valence-electron chi connectivity index (χ0n) is 16.3. The fraction of sp³-hybridized carbons (Fsp3) is 0.450. The topological polar surface area (TPSA) is 62.1 Å². The van der Waals surface area contributed by atoms with E-state index in [0.29, 0.717) is 12.6 Å². The van der Waals surface area contributed by atoms with Gasteiger partial charge in [-0.25, -0.2) is 9.97 Å². The molecule has 0 spiro atoms. The first-order chi connectivity index (χ1) is 13.1. The number of nitrogens with zero attached hydrogens (tertiary/aromatic N) is 6. The summed E-state index contributed by atoms with van der Waals surface area (Å²) in [5, 5.41) is 8.68. The SMILES string of the molecule is CN(C)C1CCN(c2ccc(NCc3cnc4c(cnn4C)c3)nc2)CC1. The van der Waals surface area contributed by atoms with Gasteiger partial charge in [-0.2, -0.15) is 5.10 Å². The number of pyridine rings is 2. The van der Waals surface area contributed by atoms with Crippen molar-refractivity contribution in [2.75, 3.05) is 37.4 Å². The van der Waals surface area contributed by atoms with Crippen molar-refractivity contribution in [3.8, 4) is 0 Å². The molecule has 3 aromatic rings. The summed E-state index contributed by atoms with van der Waals surface area (Å²) in [5.74, 6) is 0.883. The summed E-state index contributed by atoms with van der Waals surface area (Å²) >= 11 is 0. The van der Waals surface area contributed by atoms with E-state index in [1.54, 1.807) is 4.68 Å². The van der Waals surface area contributed by atoms with Crippen molar-refractivity contribution in [3.63, 3.8) is 0 Å². The van der Waals surface area contributed by atoms with Crippen molar-refractivity contribution < 1.29 is 0 Å². The first kappa shape index (κ1) is 17.7. The summed E-state index contributed by atoms with van der Waals surface area (Å²) in [7, 11) is 6.25. The van der Waals surface area contributed by atoms with E-state index in [9.17, 15) is 0 Å². The number of hydrogen-bond donors (Lipinski definition) is 1. The molecule has 0 aliphatic carbocycles. The number of nitrogens with one attached hydrogen (secondary N) is 1. The Kier molecular flexibility index (Phi) is 4.94. The summed E-state index contributed by atoms with van der Waals surface area (Å²) < 4.78 is 1.79. The van der Waals surface area contributed by atoms with Crippen LogP contribution in [0.5, 0.6) is 0 Å². The predicted octanol–water partition coefficient (Wildman–Crippen LogP) is 2.51. The predicted molar refractivity (Wildman–Crippen MR) is 109 cm³/mol. The molecule has 1 N–H and O–H groups in total. The molecule has 7 nitrogen and oxygen atoms in total. The van der Waals surface area contributed by atoms with Crippen LogP contribution in [0, 0.1) is 0 Å². The van der Waals surface area contributed by atoms with E-state index in [0.717, 1.165) is 35.5 Å². The number of piperidine rings is 1. The van der Waals surface area contributed by atoms with E-state index < -0.39 is 0 Å². The van der Waals surface area contributed by atoms with Gasteiger partial charge in [0, 0.05) is 44.3 Å². The van der Waals surface area contributed by atoms with E-state index >= 15 is 0 Å². The quantitative estimate of drug-likeness (QED) is 0.750. The molecule has 0 amide bonds. The Morgan fingerprint density at radius 2 is 1.93 bits per heavy atom. The van der Waals surface area contributed by atoms with Crippen molar-refractivity contribution in [1.29, 1.82) is 0 Å². The second kappa shape index (κ2) is 7.52. The lowest BCUT2D eigenvalue weighted by atomic mass is 10.0. The first-order valence-electron chi connectivity index (χ1n) is 9.48. The van der Waals surface area contributed by atoms with Gasteiger partial charge in [-0.3, -0.25) is 4.68 Å². The third-order valence-electron chi connectivity index (χ3n) is 5.41. The molecule has 1 saturated heterocycles. The molecule has 1 fully saturated rings. The van der Waals surface area contributed by atoms with Gasteiger partial charge in [0.05, 0.1) is 18.1 Å². The molecule has 27 heavy (non-hydrogen) atoms. The minimum Gasteiger partial charge on any atom is -0.370 e. The zero-order valence-corrected chi connectivity index (χ0v) is 16.3. The van der Waals surface area contributed by atoms with Crippen molar-refractivity contribution in [1.82, 2.24) is 24.6 Å². The normalized spacial score (nSPS) is 15.6. The summed E-state index contributed by atoms with van der Waals surface area (Å²) in [4.78, 5) is 13.8. The van der Waals surface area contributed by atoms with Crippen LogP contribution in [0.15, 0.2) is 36.8 Å². The second-order valence-electron chi connectivity index (χ2n) is 7.46. The second-order valence-corrected chi connectivity index (χ2v) is 7.46. The van der Waals surface area contributed by atoms with E-state index in [2.05, 4.69) is 62.5 Å². The molecule has 4 heterocycles. The van der Waals surface area contributed by atoms with Gasteiger partial charge in [0.25, 0.3) is 0 Å². The van der Waals surface area contributed by atoms with Crippen LogP contribution in [-0.2, 0) is 13.6 Å². The summed E-state index contributed by atoms with van der Waals surface area (Å²) in [6.45, 7) is 2.88. The van der Waals surface area contributed by atoms with Gasteiger partial charge in [0.2, 0.25) is 0 Å². The molecule has 3 aromatic heterocycles. The molecule has 0 unspecified atom stereocenters. The molecular formula is C20H27N7. The fourth-order valence-corrected chi connectivity index (χ4v) is 3.70. The van der Waals surface area contributed by atoms with Gasteiger partial charge >= 0.3 is 0 Å². The number of anilines is 2. The highest BCUT2D eigenvalue weighted by Gasteiger charge is 2.20. The zero-order chi connectivity index (χ0) is 18.8. The minimum atomic E-state index is 0.693. The number of hydrogen-bond acceptors (Lipinski definition) is 6. The molecule has 0 radical (unpaired) electrons. The third kappa shape index (κ3) is 3.88. The van der Waals surface area contributed by atoms with Gasteiger partial charge < -0.3 is 15.1 Å². The van der Waals surface area contributed by atoms with Crippen LogP contribution in [0.3, 0.4) is 0 Å². The number of aromatic nitrogens is 4. The van der Waals surface area contributed by atoms with Crippen LogP contribution in [0.4, 0.5) is 11.5 Å². The van der Waals surface area contributed by atoms with Gasteiger partial charge in [-0.05, 0) is 50.7 Å². The Morgan fingerprint density at radius 1 is 1.11 bits per heavy atom. The fourth-order valence-electron chi connectivity index (χ4n) is 3.70. The van der Waals surface area contributed by atoms with Crippen LogP contribution in [-0.4, -0.2) is 57.9 Å². The monoisotopic (exact) mass is 365 g/mol. The summed E-state index contributed by atoms with van der Waals surface area (Å²) in [6, 6.07) is 7.03. The summed E-state index contributed by atoms with van der Waals surface area (Å²) in [5.41, 5.74) is 3.22. The van der Waals surface area contributed by atoms with Crippen LogP contribution in [0.25, 0.3) is 11.0 Å². The summed E-state index contributed by atoms with van der Waals surface area (Å²) in [6.07, 6.45) is 8.12. The van der Waals surface area contributed by atoms with E-state index in [1.807, 2.05) is 25.6 Å². The van der Waals surface area contributed by atoms with Crippen LogP contribution < -0.4 is 10.2 Å². The van der Waals surface area contributed by atoms with E-state index in [-0.39, 0.29) is 0 Å². The van der Waals surface area contributed by atoms with Crippen molar-refractivity contribution in [2.24, 2.45) is 7.05 Å². The lowest BCUT2D eigenvalue weighted by Crippen LogP contribution is -2.42. The Bertz CT molecular complexity index is 892. The van der Waals surface area contributed by atoms with Crippen molar-refractivity contribution in [3.05, 3.63) is 42.4 Å². The number of rotatable bonds is 5. The van der Waals surface area contributed by atoms with E-state index in [4.69, 9.17) is 0 Å². The van der Waals surface area contributed by atoms with Crippen LogP contribution in [0.1, 0.15) is 18.4 Å². The van der Waals surface area contributed by atoms with Gasteiger partial charge in [0.1, 0.15) is 5.82 Å². The van der Waals surface area contributed by atoms with E-state index in [1.165, 1.54) is 18.5 Å². The Hall–Kier alpha value is -2.67. The maximum absolute atomic E-state index is 4.59. The number of fused-ring (bicyclic) bond motifs is 1. The highest BCUT2D eigenvalue weighted by molar-refractivity contribution is 5.74. The molecule has 0 saturated carbocycles. The van der Waals surface area contributed by atoms with Crippen molar-refractivity contribution >= 4 is 22.5 Å². The maximum atomic E-state index is 4.59. The molecule has 1 aliphatic heterocycles. The van der Waals surface area contributed by atoms with Crippen LogP contribution in [0.2, 0.25) is 0 Å². The highest BCUT2D eigenvalue weighted by Crippen LogP contribution is 2.22. The molecule has 4 rings (SSSR count). The Labute approximate surface area is 160 Å². The third-order valence-corrected chi connectivity index (χ3v) is 5.41. The lowest BCUT2D eigenvalue weighted by molar-refractivity contribution is 0.249. The highest BCUT2D eigenvalue weighted by atomic mass is 15.3. The average Bonchev–Trinajstić information content (AvgIpc) is 3.07. The molecule has 0 aromatic carbocycles. The largest absolute Gasteiger partial charge is 0.370 e. The Balaban J connectivity index is 1.35. The molecule has 1 aliphatic rings. The first-order valence-corrected chi connectivity index (χ1v) is 9.48.